The zero-order valence-electron chi connectivity index (χ0n) is 14.0. The van der Waals surface area contributed by atoms with Crippen molar-refractivity contribution in [2.45, 2.75) is 25.9 Å². The molecule has 0 aliphatic carbocycles. The fourth-order valence-corrected chi connectivity index (χ4v) is 4.55. The molecule has 1 aromatic carbocycles. The van der Waals surface area contributed by atoms with E-state index in [1.165, 1.54) is 2.78 Å². The van der Waals surface area contributed by atoms with Crippen molar-refractivity contribution < 1.29 is 9.13 Å². The lowest BCUT2D eigenvalue weighted by molar-refractivity contribution is 0.164. The summed E-state index contributed by atoms with van der Waals surface area (Å²) in [5.41, 5.74) is 0.309. The van der Waals surface area contributed by atoms with Crippen molar-refractivity contribution >= 4 is 51.2 Å². The number of fused-ring (bicyclic) bond motifs is 2. The van der Waals surface area contributed by atoms with Crippen LogP contribution in [0.2, 0.25) is 5.02 Å². The first kappa shape index (κ1) is 17.3. The summed E-state index contributed by atoms with van der Waals surface area (Å²) < 4.78 is 22.1. The van der Waals surface area contributed by atoms with E-state index in [1.54, 1.807) is 6.92 Å². The Bertz CT molecular complexity index is 950. The van der Waals surface area contributed by atoms with Gasteiger partial charge in [-0.1, -0.05) is 11.6 Å². The molecule has 0 spiro atoms. The van der Waals surface area contributed by atoms with Crippen LogP contribution in [0.3, 0.4) is 0 Å². The number of likely N-dealkylation sites (N-methyl/N-ethyl adjacent to an activating group) is 1. The van der Waals surface area contributed by atoms with Crippen LogP contribution in [0.4, 0.5) is 10.2 Å². The van der Waals surface area contributed by atoms with Crippen molar-refractivity contribution in [2.75, 3.05) is 31.6 Å². The first-order chi connectivity index (χ1) is 11.8. The lowest BCUT2D eigenvalue weighted by Crippen LogP contribution is -2.58. The zero-order valence-corrected chi connectivity index (χ0v) is 16.9. The Hall–Kier alpha value is -1.13. The average molecular weight is 479 g/mol. The standard InChI is InChI=1S/C16H17ClFIN4O2/c1-7-4-22-9(5-21(7)3)6-25-14-10-13(11(17)8(2)12(14)18)23(19)16(24)20-15(10)22/h7,9H,4-6H2,1-3H3. The molecule has 2 atom stereocenters. The molecule has 0 bridgehead atoms. The highest BCUT2D eigenvalue weighted by Gasteiger charge is 2.37. The van der Waals surface area contributed by atoms with Crippen LogP contribution in [0.15, 0.2) is 4.79 Å². The summed E-state index contributed by atoms with van der Waals surface area (Å²) >= 11 is 8.25. The second-order valence-electron chi connectivity index (χ2n) is 6.71. The molecule has 0 amide bonds. The van der Waals surface area contributed by atoms with E-state index < -0.39 is 11.5 Å². The van der Waals surface area contributed by atoms with Crippen molar-refractivity contribution in [3.63, 3.8) is 0 Å². The molecule has 2 aliphatic rings. The molecule has 0 saturated carbocycles. The second kappa shape index (κ2) is 5.95. The number of halogens is 3. The monoisotopic (exact) mass is 478 g/mol. The summed E-state index contributed by atoms with van der Waals surface area (Å²) in [7, 11) is 2.05. The maximum Gasteiger partial charge on any atom is 0.359 e. The Labute approximate surface area is 163 Å². The molecule has 6 nitrogen and oxygen atoms in total. The Morgan fingerprint density at radius 1 is 1.40 bits per heavy atom. The highest BCUT2D eigenvalue weighted by molar-refractivity contribution is 14.1. The predicted molar refractivity (Wildman–Crippen MR) is 104 cm³/mol. The van der Waals surface area contributed by atoms with E-state index in [0.29, 0.717) is 29.9 Å². The quantitative estimate of drug-likeness (QED) is 0.545. The van der Waals surface area contributed by atoms with Gasteiger partial charge in [0.1, 0.15) is 12.4 Å². The highest BCUT2D eigenvalue weighted by Crippen LogP contribution is 2.44. The van der Waals surface area contributed by atoms with Crippen LogP contribution < -0.4 is 15.3 Å². The summed E-state index contributed by atoms with van der Waals surface area (Å²) in [6, 6.07) is 0.273. The van der Waals surface area contributed by atoms with Crippen LogP contribution in [-0.4, -0.2) is 51.5 Å². The van der Waals surface area contributed by atoms with Crippen LogP contribution in [0, 0.1) is 12.7 Å². The highest BCUT2D eigenvalue weighted by atomic mass is 127. The van der Waals surface area contributed by atoms with Crippen molar-refractivity contribution in [3.05, 3.63) is 26.9 Å². The van der Waals surface area contributed by atoms with Gasteiger partial charge in [0, 0.05) is 24.7 Å². The molecule has 25 heavy (non-hydrogen) atoms. The van der Waals surface area contributed by atoms with E-state index in [0.717, 1.165) is 6.54 Å². The Morgan fingerprint density at radius 3 is 2.84 bits per heavy atom. The molecule has 1 aromatic heterocycles. The zero-order chi connectivity index (χ0) is 18.0. The number of anilines is 1. The Kier molecular flexibility index (Phi) is 4.12. The van der Waals surface area contributed by atoms with Crippen LogP contribution in [0.25, 0.3) is 10.9 Å². The molecule has 9 heteroatoms. The van der Waals surface area contributed by atoms with Crippen molar-refractivity contribution in [1.29, 1.82) is 0 Å². The fraction of sp³-hybridized carbons (Fsp3) is 0.500. The Morgan fingerprint density at radius 2 is 2.12 bits per heavy atom. The third-order valence-electron chi connectivity index (χ3n) is 5.16. The van der Waals surface area contributed by atoms with E-state index >= 15 is 0 Å². The lowest BCUT2D eigenvalue weighted by atomic mass is 10.1. The average Bonchev–Trinajstić information content (AvgIpc) is 2.71. The van der Waals surface area contributed by atoms with E-state index in [4.69, 9.17) is 16.3 Å². The number of piperazine rings is 1. The third kappa shape index (κ3) is 2.44. The van der Waals surface area contributed by atoms with E-state index in [-0.39, 0.29) is 28.4 Å². The molecule has 0 radical (unpaired) electrons. The molecule has 1 saturated heterocycles. The molecule has 1 fully saturated rings. The maximum atomic E-state index is 14.9. The summed E-state index contributed by atoms with van der Waals surface area (Å²) in [4.78, 5) is 21.0. The molecular weight excluding hydrogens is 462 g/mol. The summed E-state index contributed by atoms with van der Waals surface area (Å²) in [6.07, 6.45) is 0. The van der Waals surface area contributed by atoms with Crippen LogP contribution in [-0.2, 0) is 0 Å². The Balaban J connectivity index is 2.09. The molecule has 134 valence electrons. The molecule has 3 heterocycles. The van der Waals surface area contributed by atoms with E-state index in [2.05, 4.69) is 21.7 Å². The van der Waals surface area contributed by atoms with Gasteiger partial charge in [-0.05, 0) is 20.9 Å². The van der Waals surface area contributed by atoms with Gasteiger partial charge < -0.3 is 9.64 Å². The molecule has 2 aromatic rings. The fourth-order valence-electron chi connectivity index (χ4n) is 3.56. The van der Waals surface area contributed by atoms with Crippen LogP contribution in [0.5, 0.6) is 5.75 Å². The van der Waals surface area contributed by atoms with Gasteiger partial charge in [-0.25, -0.2) is 12.0 Å². The van der Waals surface area contributed by atoms with Crippen molar-refractivity contribution in [1.82, 2.24) is 12.7 Å². The SMILES string of the molecule is Cc1c(F)c2c3c(nc(=O)n(I)c3c1Cl)N1CC(C)N(C)CC1CO2. The van der Waals surface area contributed by atoms with Crippen molar-refractivity contribution in [2.24, 2.45) is 0 Å². The summed E-state index contributed by atoms with van der Waals surface area (Å²) in [5.74, 6) is 0.109. The van der Waals surface area contributed by atoms with E-state index in [9.17, 15) is 9.18 Å². The maximum absolute atomic E-state index is 14.9. The minimum Gasteiger partial charge on any atom is -0.487 e. The van der Waals surface area contributed by atoms with E-state index in [1.807, 2.05) is 29.9 Å². The second-order valence-corrected chi connectivity index (χ2v) is 8.05. The van der Waals surface area contributed by atoms with Gasteiger partial charge in [0.25, 0.3) is 0 Å². The van der Waals surface area contributed by atoms with Gasteiger partial charge in [0.15, 0.2) is 11.6 Å². The minimum absolute atomic E-state index is 0.00718. The number of hydrogen-bond donors (Lipinski definition) is 0. The van der Waals surface area contributed by atoms with Gasteiger partial charge in [-0.15, -0.1) is 0 Å². The molecule has 2 unspecified atom stereocenters. The summed E-state index contributed by atoms with van der Waals surface area (Å²) in [6.45, 7) is 5.47. The van der Waals surface area contributed by atoms with Crippen molar-refractivity contribution in [3.8, 4) is 5.75 Å². The van der Waals surface area contributed by atoms with Gasteiger partial charge in [0.2, 0.25) is 0 Å². The first-order valence-corrected chi connectivity index (χ1v) is 9.35. The number of nitrogens with zero attached hydrogens (tertiary/aromatic N) is 4. The molecular formula is C16H17ClFIN4O2. The first-order valence-electron chi connectivity index (χ1n) is 8.01. The number of rotatable bonds is 0. The third-order valence-corrected chi connectivity index (χ3v) is 6.52. The number of aromatic nitrogens is 2. The topological polar surface area (TPSA) is 50.6 Å². The van der Waals surface area contributed by atoms with Crippen LogP contribution in [0.1, 0.15) is 12.5 Å². The summed E-state index contributed by atoms with van der Waals surface area (Å²) in [5, 5.41) is 0.692. The normalized spacial score (nSPS) is 23.4. The predicted octanol–water partition coefficient (Wildman–Crippen LogP) is 2.60. The van der Waals surface area contributed by atoms with Gasteiger partial charge in [0.05, 0.1) is 44.8 Å². The largest absolute Gasteiger partial charge is 0.487 e. The smallest absolute Gasteiger partial charge is 0.359 e. The number of ether oxygens (including phenoxy) is 1. The van der Waals surface area contributed by atoms with Gasteiger partial charge >= 0.3 is 5.69 Å². The molecule has 0 N–H and O–H groups in total. The lowest BCUT2D eigenvalue weighted by Gasteiger charge is -2.43. The number of hydrogen-bond acceptors (Lipinski definition) is 5. The van der Waals surface area contributed by atoms with Gasteiger partial charge in [-0.3, -0.25) is 4.90 Å². The minimum atomic E-state index is -0.489. The molecule has 4 rings (SSSR count). The number of benzene rings is 1. The molecule has 2 aliphatic heterocycles. The van der Waals surface area contributed by atoms with Gasteiger partial charge in [-0.2, -0.15) is 4.98 Å². The van der Waals surface area contributed by atoms with Crippen LogP contribution >= 0.6 is 34.5 Å².